The number of pyridine rings is 1. The number of rotatable bonds is 5. The van der Waals surface area contributed by atoms with Crippen LogP contribution >= 0.6 is 0 Å². The van der Waals surface area contributed by atoms with Crippen LogP contribution in [0.3, 0.4) is 0 Å². The molecule has 0 radical (unpaired) electrons. The molecule has 200 valence electrons. The number of hydrogen-bond donors (Lipinski definition) is 0. The molecule has 2 aliphatic heterocycles. The fourth-order valence-electron chi connectivity index (χ4n) is 4.98. The summed E-state index contributed by atoms with van der Waals surface area (Å²) in [6.07, 6.45) is -9.93. The Morgan fingerprint density at radius 2 is 1.78 bits per heavy atom. The zero-order valence-electron chi connectivity index (χ0n) is 19.6. The van der Waals surface area contributed by atoms with Gasteiger partial charge in [-0.25, -0.2) is 13.4 Å². The molecule has 2 fully saturated rings. The van der Waals surface area contributed by atoms with E-state index < -0.39 is 31.8 Å². The van der Waals surface area contributed by atoms with Crippen LogP contribution in [0, 0.1) is 13.8 Å². The first-order valence-corrected chi connectivity index (χ1v) is 12.7. The normalized spacial score (nSPS) is 22.5. The molecule has 1 unspecified atom stereocenters. The van der Waals surface area contributed by atoms with Gasteiger partial charge in [0.25, 0.3) is 10.0 Å². The van der Waals surface area contributed by atoms with Gasteiger partial charge in [-0.05, 0) is 53.5 Å². The molecule has 7 nitrogen and oxygen atoms in total. The van der Waals surface area contributed by atoms with Crippen molar-refractivity contribution in [1.82, 2.24) is 18.6 Å². The number of morpholine rings is 2. The van der Waals surface area contributed by atoms with Crippen LogP contribution in [0.1, 0.15) is 16.8 Å². The van der Waals surface area contributed by atoms with Crippen molar-refractivity contribution in [1.29, 1.82) is 0 Å². The third kappa shape index (κ3) is 4.49. The molecule has 0 N–H and O–H groups in total. The van der Waals surface area contributed by atoms with E-state index in [0.29, 0.717) is 29.9 Å². The Balaban J connectivity index is 1.58. The lowest BCUT2D eigenvalue weighted by atomic mass is 9.91. The first kappa shape index (κ1) is 25.9. The highest BCUT2D eigenvalue weighted by molar-refractivity contribution is 7.89. The fraction of sp³-hybridized carbons (Fsp3) is 0.435. The van der Waals surface area contributed by atoms with E-state index in [0.717, 1.165) is 36.5 Å². The monoisotopic (exact) mass is 548 g/mol. The minimum Gasteiger partial charge on any atom is -0.374 e. The Labute approximate surface area is 208 Å². The van der Waals surface area contributed by atoms with Crippen LogP contribution in [-0.4, -0.2) is 71.5 Å². The van der Waals surface area contributed by atoms with E-state index in [1.807, 2.05) is 29.7 Å². The Bertz CT molecular complexity index is 1440. The molecule has 2 aromatic heterocycles. The van der Waals surface area contributed by atoms with E-state index in [2.05, 4.69) is 4.90 Å². The molecule has 4 heterocycles. The van der Waals surface area contributed by atoms with Gasteiger partial charge in [-0.3, -0.25) is 4.90 Å². The SMILES string of the molecule is Cc1ccn2c(C[C@H]3[C@@H]4CN3CCO4)c(-c3ccc(S(=O)(=O)N(C(F)(F)F)C(F)(F)F)cc3C)nc2c1. The van der Waals surface area contributed by atoms with E-state index in [1.165, 1.54) is 13.0 Å². The van der Waals surface area contributed by atoms with Crippen molar-refractivity contribution in [3.05, 3.63) is 53.3 Å². The Hall–Kier alpha value is -2.68. The van der Waals surface area contributed by atoms with Gasteiger partial charge in [-0.1, -0.05) is 6.07 Å². The molecule has 0 spiro atoms. The summed E-state index contributed by atoms with van der Waals surface area (Å²) >= 11 is 0. The van der Waals surface area contributed by atoms with Crippen molar-refractivity contribution in [2.24, 2.45) is 0 Å². The van der Waals surface area contributed by atoms with Gasteiger partial charge in [0.15, 0.2) is 0 Å². The van der Waals surface area contributed by atoms with Crippen molar-refractivity contribution in [2.75, 3.05) is 19.7 Å². The predicted octanol–water partition coefficient (Wildman–Crippen LogP) is 4.27. The van der Waals surface area contributed by atoms with Gasteiger partial charge in [0.1, 0.15) is 5.65 Å². The van der Waals surface area contributed by atoms with Crippen molar-refractivity contribution < 1.29 is 39.5 Å². The van der Waals surface area contributed by atoms with Crippen LogP contribution < -0.4 is 0 Å². The van der Waals surface area contributed by atoms with Crippen LogP contribution in [0.5, 0.6) is 0 Å². The highest BCUT2D eigenvalue weighted by Gasteiger charge is 2.61. The van der Waals surface area contributed by atoms with E-state index in [1.54, 1.807) is 0 Å². The molecule has 3 aromatic rings. The van der Waals surface area contributed by atoms with Gasteiger partial charge in [0.05, 0.1) is 29.0 Å². The molecule has 3 atom stereocenters. The zero-order valence-corrected chi connectivity index (χ0v) is 20.5. The number of sulfonamides is 1. The molecule has 0 aliphatic carbocycles. The number of alkyl halides is 6. The van der Waals surface area contributed by atoms with E-state index in [4.69, 9.17) is 9.72 Å². The van der Waals surface area contributed by atoms with Crippen LogP contribution in [0.25, 0.3) is 16.9 Å². The second-order valence-corrected chi connectivity index (χ2v) is 11.0. The number of nitrogens with zero attached hydrogens (tertiary/aromatic N) is 4. The number of fused-ring (bicyclic) bond motifs is 3. The lowest BCUT2D eigenvalue weighted by Gasteiger charge is -2.52. The van der Waals surface area contributed by atoms with Crippen molar-refractivity contribution in [3.63, 3.8) is 0 Å². The van der Waals surface area contributed by atoms with Gasteiger partial charge >= 0.3 is 12.6 Å². The average molecular weight is 549 g/mol. The Morgan fingerprint density at radius 1 is 1.08 bits per heavy atom. The quantitative estimate of drug-likeness (QED) is 0.352. The number of imidazole rings is 1. The largest absolute Gasteiger partial charge is 0.481 e. The highest BCUT2D eigenvalue weighted by atomic mass is 32.2. The minimum absolute atomic E-state index is 0.0573. The molecule has 0 amide bonds. The lowest BCUT2D eigenvalue weighted by molar-refractivity contribution is -0.333. The van der Waals surface area contributed by atoms with Crippen LogP contribution in [-0.2, 0) is 21.2 Å². The maximum atomic E-state index is 13.1. The molecular weight excluding hydrogens is 526 g/mol. The fourth-order valence-corrected chi connectivity index (χ4v) is 6.30. The van der Waals surface area contributed by atoms with Crippen molar-refractivity contribution in [3.8, 4) is 11.3 Å². The molecule has 14 heteroatoms. The molecule has 37 heavy (non-hydrogen) atoms. The lowest BCUT2D eigenvalue weighted by Crippen LogP contribution is -2.66. The van der Waals surface area contributed by atoms with Crippen molar-refractivity contribution in [2.45, 2.75) is 49.9 Å². The summed E-state index contributed by atoms with van der Waals surface area (Å²) in [5, 5.41) is 0. The zero-order chi connectivity index (χ0) is 26.9. The van der Waals surface area contributed by atoms with E-state index in [-0.39, 0.29) is 17.7 Å². The standard InChI is InChI=1S/C23H22F6N4O3S/c1-13-5-6-32-18(11-17-19-12-31(17)7-8-36-19)21(30-20(32)9-13)16-4-3-15(10-14(16)2)37(34,35)33(22(24,25)26)23(27,28)29/h3-6,9-10,17,19H,7-8,11-12H2,1-2H3/t17-,19-/m0/s1. The number of halogens is 6. The second kappa shape index (κ2) is 8.68. The molecular formula is C23H22F6N4O3S. The molecule has 2 saturated heterocycles. The number of hydrogen-bond acceptors (Lipinski definition) is 5. The van der Waals surface area contributed by atoms with Gasteiger partial charge in [0, 0.05) is 37.3 Å². The molecule has 2 aliphatic rings. The smallest absolute Gasteiger partial charge is 0.374 e. The Morgan fingerprint density at radius 3 is 2.35 bits per heavy atom. The van der Waals surface area contributed by atoms with Gasteiger partial charge in [-0.15, -0.1) is 0 Å². The third-order valence-corrected chi connectivity index (χ3v) is 8.50. The summed E-state index contributed by atoms with van der Waals surface area (Å²) < 4.78 is 109. The minimum atomic E-state index is -6.19. The van der Waals surface area contributed by atoms with E-state index in [9.17, 15) is 34.8 Å². The first-order valence-electron chi connectivity index (χ1n) is 11.3. The molecule has 5 rings (SSSR count). The summed E-state index contributed by atoms with van der Waals surface area (Å²) in [4.78, 5) is 5.85. The summed E-state index contributed by atoms with van der Waals surface area (Å²) in [6, 6.07) is 6.59. The van der Waals surface area contributed by atoms with Crippen molar-refractivity contribution >= 4 is 15.7 Å². The van der Waals surface area contributed by atoms with E-state index >= 15 is 0 Å². The molecule has 1 aromatic carbocycles. The molecule has 2 bridgehead atoms. The number of aromatic nitrogens is 2. The number of aryl methyl sites for hydroxylation is 2. The average Bonchev–Trinajstić information content (AvgIpc) is 3.12. The predicted molar refractivity (Wildman–Crippen MR) is 120 cm³/mol. The van der Waals surface area contributed by atoms with Gasteiger partial charge < -0.3 is 9.14 Å². The first-order chi connectivity index (χ1) is 17.2. The molecule has 0 saturated carbocycles. The number of ether oxygens (including phenoxy) is 1. The highest BCUT2D eigenvalue weighted by Crippen LogP contribution is 2.40. The topological polar surface area (TPSA) is 67.2 Å². The summed E-state index contributed by atoms with van der Waals surface area (Å²) in [6.45, 7) is 5.55. The summed E-state index contributed by atoms with van der Waals surface area (Å²) in [7, 11) is -5.97. The summed E-state index contributed by atoms with van der Waals surface area (Å²) in [5.41, 5.74) is 3.38. The van der Waals surface area contributed by atoms with Crippen LogP contribution in [0.4, 0.5) is 26.3 Å². The van der Waals surface area contributed by atoms with Crippen LogP contribution in [0.15, 0.2) is 41.4 Å². The van der Waals surface area contributed by atoms with Crippen LogP contribution in [0.2, 0.25) is 0 Å². The second-order valence-electron chi connectivity index (χ2n) is 9.20. The summed E-state index contributed by atoms with van der Waals surface area (Å²) in [5.74, 6) is 0. The maximum absolute atomic E-state index is 13.1. The third-order valence-electron chi connectivity index (χ3n) is 6.76. The number of benzene rings is 1. The van der Waals surface area contributed by atoms with Gasteiger partial charge in [0.2, 0.25) is 0 Å². The Kier molecular flexibility index (Phi) is 6.09. The van der Waals surface area contributed by atoms with Gasteiger partial charge in [-0.2, -0.15) is 26.3 Å². The maximum Gasteiger partial charge on any atom is 0.481 e.